The molecule has 0 aliphatic heterocycles. The number of carbonyl (C=O) groups excluding carboxylic acids is 1. The lowest BCUT2D eigenvalue weighted by atomic mass is 10.0. The first-order valence-corrected chi connectivity index (χ1v) is 6.14. The molecular formula is C16H10O5. The molecule has 0 amide bonds. The molecule has 3 aromatic rings. The third kappa shape index (κ3) is 2.25. The Labute approximate surface area is 119 Å². The van der Waals surface area contributed by atoms with Crippen LogP contribution in [0, 0.1) is 0 Å². The predicted molar refractivity (Wildman–Crippen MR) is 75.7 cm³/mol. The molecule has 5 heteroatoms. The van der Waals surface area contributed by atoms with Crippen LogP contribution < -0.4 is 0 Å². The van der Waals surface area contributed by atoms with Crippen molar-refractivity contribution in [2.75, 3.05) is 0 Å². The number of aldehydes is 1. The van der Waals surface area contributed by atoms with Gasteiger partial charge in [0.1, 0.15) is 17.1 Å². The van der Waals surface area contributed by atoms with E-state index in [-0.39, 0.29) is 17.1 Å². The third-order valence-corrected chi connectivity index (χ3v) is 3.21. The number of furan rings is 1. The van der Waals surface area contributed by atoms with Crippen molar-refractivity contribution in [3.8, 4) is 17.1 Å². The highest BCUT2D eigenvalue weighted by atomic mass is 16.4. The van der Waals surface area contributed by atoms with Gasteiger partial charge in [0.05, 0.1) is 0 Å². The average molecular weight is 282 g/mol. The van der Waals surface area contributed by atoms with Crippen LogP contribution >= 0.6 is 0 Å². The van der Waals surface area contributed by atoms with Crippen molar-refractivity contribution in [1.29, 1.82) is 0 Å². The van der Waals surface area contributed by atoms with Gasteiger partial charge in [0.2, 0.25) is 0 Å². The van der Waals surface area contributed by atoms with Crippen LogP contribution in [0.1, 0.15) is 20.9 Å². The fourth-order valence-corrected chi connectivity index (χ4v) is 2.18. The number of phenols is 1. The number of hydrogen-bond acceptors (Lipinski definition) is 4. The molecule has 0 radical (unpaired) electrons. The molecule has 1 heterocycles. The summed E-state index contributed by atoms with van der Waals surface area (Å²) >= 11 is 0. The molecule has 2 N–H and O–H groups in total. The Hall–Kier alpha value is -3.08. The largest absolute Gasteiger partial charge is 0.507 e. The van der Waals surface area contributed by atoms with E-state index in [2.05, 4.69) is 0 Å². The number of carbonyl (C=O) groups is 2. The second-order valence-electron chi connectivity index (χ2n) is 4.56. The van der Waals surface area contributed by atoms with Crippen LogP contribution in [-0.2, 0) is 0 Å². The lowest BCUT2D eigenvalue weighted by Gasteiger charge is -2.05. The van der Waals surface area contributed by atoms with E-state index in [1.807, 2.05) is 0 Å². The number of hydrogen-bond donors (Lipinski definition) is 2. The van der Waals surface area contributed by atoms with E-state index in [1.165, 1.54) is 12.1 Å². The first-order valence-electron chi connectivity index (χ1n) is 6.14. The number of aromatic carboxylic acids is 1. The summed E-state index contributed by atoms with van der Waals surface area (Å²) in [7, 11) is 0. The molecule has 5 nitrogen and oxygen atoms in total. The van der Waals surface area contributed by atoms with Crippen LogP contribution in [-0.4, -0.2) is 22.5 Å². The monoisotopic (exact) mass is 282 g/mol. The van der Waals surface area contributed by atoms with E-state index < -0.39 is 5.97 Å². The SMILES string of the molecule is O=Cc1ccc(-c2ccc3cc(O)c(C(=O)O)cc3c2)o1. The summed E-state index contributed by atoms with van der Waals surface area (Å²) in [6, 6.07) is 11.3. The maximum Gasteiger partial charge on any atom is 0.339 e. The third-order valence-electron chi connectivity index (χ3n) is 3.21. The van der Waals surface area contributed by atoms with Crippen LogP contribution in [0.15, 0.2) is 46.9 Å². The van der Waals surface area contributed by atoms with Crippen LogP contribution in [0.2, 0.25) is 0 Å². The van der Waals surface area contributed by atoms with Gasteiger partial charge < -0.3 is 14.6 Å². The number of carboxylic acids is 1. The van der Waals surface area contributed by atoms with E-state index in [0.29, 0.717) is 22.8 Å². The molecular weight excluding hydrogens is 272 g/mol. The first kappa shape index (κ1) is 12.9. The van der Waals surface area contributed by atoms with E-state index in [1.54, 1.807) is 30.3 Å². The maximum atomic E-state index is 11.0. The van der Waals surface area contributed by atoms with E-state index >= 15 is 0 Å². The minimum absolute atomic E-state index is 0.160. The Kier molecular flexibility index (Phi) is 2.95. The Morgan fingerprint density at radius 1 is 1.05 bits per heavy atom. The molecule has 0 bridgehead atoms. The lowest BCUT2D eigenvalue weighted by Crippen LogP contribution is -1.96. The highest BCUT2D eigenvalue weighted by Crippen LogP contribution is 2.30. The normalized spacial score (nSPS) is 10.7. The van der Waals surface area contributed by atoms with Gasteiger partial charge in [0.25, 0.3) is 0 Å². The Bertz CT molecular complexity index is 860. The highest BCUT2D eigenvalue weighted by Gasteiger charge is 2.12. The smallest absolute Gasteiger partial charge is 0.339 e. The number of benzene rings is 2. The summed E-state index contributed by atoms with van der Waals surface area (Å²) in [4.78, 5) is 21.7. The second kappa shape index (κ2) is 4.79. The van der Waals surface area contributed by atoms with Crippen molar-refractivity contribution in [3.05, 3.63) is 53.8 Å². The van der Waals surface area contributed by atoms with E-state index in [9.17, 15) is 14.7 Å². The van der Waals surface area contributed by atoms with E-state index in [4.69, 9.17) is 9.52 Å². The molecule has 0 atom stereocenters. The molecule has 0 saturated carbocycles. The van der Waals surface area contributed by atoms with Gasteiger partial charge >= 0.3 is 5.97 Å². The van der Waals surface area contributed by atoms with Crippen molar-refractivity contribution in [1.82, 2.24) is 0 Å². The summed E-state index contributed by atoms with van der Waals surface area (Å²) in [5.41, 5.74) is 0.560. The summed E-state index contributed by atoms with van der Waals surface area (Å²) in [5.74, 6) is -0.726. The molecule has 0 unspecified atom stereocenters. The summed E-state index contributed by atoms with van der Waals surface area (Å²) in [5, 5.41) is 20.1. The fourth-order valence-electron chi connectivity index (χ4n) is 2.18. The maximum absolute atomic E-state index is 11.0. The van der Waals surface area contributed by atoms with Gasteiger partial charge in [-0.3, -0.25) is 4.79 Å². The topological polar surface area (TPSA) is 87.7 Å². The standard InChI is InChI=1S/C16H10O5/c17-8-12-3-4-15(21-12)10-2-1-9-7-14(18)13(16(19)20)6-11(9)5-10/h1-8,18H,(H,19,20). The van der Waals surface area contributed by atoms with Gasteiger partial charge in [-0.1, -0.05) is 12.1 Å². The molecule has 0 fully saturated rings. The molecule has 104 valence electrons. The molecule has 3 rings (SSSR count). The molecule has 0 aliphatic carbocycles. The van der Waals surface area contributed by atoms with Crippen molar-refractivity contribution in [2.45, 2.75) is 0 Å². The minimum Gasteiger partial charge on any atom is -0.507 e. The Morgan fingerprint density at radius 2 is 1.86 bits per heavy atom. The number of fused-ring (bicyclic) bond motifs is 1. The zero-order chi connectivity index (χ0) is 15.0. The van der Waals surface area contributed by atoms with Crippen molar-refractivity contribution < 1.29 is 24.2 Å². The minimum atomic E-state index is -1.19. The summed E-state index contributed by atoms with van der Waals surface area (Å²) in [6.45, 7) is 0. The van der Waals surface area contributed by atoms with Gasteiger partial charge in [0.15, 0.2) is 12.0 Å². The molecule has 2 aromatic carbocycles. The van der Waals surface area contributed by atoms with Crippen molar-refractivity contribution in [2.24, 2.45) is 0 Å². The molecule has 1 aromatic heterocycles. The van der Waals surface area contributed by atoms with Gasteiger partial charge in [-0.15, -0.1) is 0 Å². The van der Waals surface area contributed by atoms with Gasteiger partial charge in [-0.25, -0.2) is 4.79 Å². The second-order valence-corrected chi connectivity index (χ2v) is 4.56. The van der Waals surface area contributed by atoms with Crippen molar-refractivity contribution in [3.63, 3.8) is 0 Å². The van der Waals surface area contributed by atoms with Crippen molar-refractivity contribution >= 4 is 23.0 Å². The van der Waals surface area contributed by atoms with Crippen LogP contribution in [0.3, 0.4) is 0 Å². The van der Waals surface area contributed by atoms with Crippen LogP contribution in [0.4, 0.5) is 0 Å². The Balaban J connectivity index is 2.16. The fraction of sp³-hybridized carbons (Fsp3) is 0. The lowest BCUT2D eigenvalue weighted by molar-refractivity contribution is 0.0694. The zero-order valence-corrected chi connectivity index (χ0v) is 10.7. The molecule has 0 spiro atoms. The number of aromatic hydroxyl groups is 1. The quantitative estimate of drug-likeness (QED) is 0.719. The Morgan fingerprint density at radius 3 is 2.52 bits per heavy atom. The summed E-state index contributed by atoms with van der Waals surface area (Å²) < 4.78 is 5.34. The van der Waals surface area contributed by atoms with Gasteiger partial charge in [-0.2, -0.15) is 0 Å². The van der Waals surface area contributed by atoms with Crippen LogP contribution in [0.5, 0.6) is 5.75 Å². The number of carboxylic acid groups (broad SMARTS) is 1. The molecule has 0 saturated heterocycles. The molecule has 0 aliphatic rings. The van der Waals surface area contributed by atoms with Gasteiger partial charge in [0, 0.05) is 5.56 Å². The van der Waals surface area contributed by atoms with Crippen LogP contribution in [0.25, 0.3) is 22.1 Å². The average Bonchev–Trinajstić information content (AvgIpc) is 2.94. The van der Waals surface area contributed by atoms with E-state index in [0.717, 1.165) is 5.56 Å². The highest BCUT2D eigenvalue weighted by molar-refractivity contribution is 5.98. The number of rotatable bonds is 3. The summed E-state index contributed by atoms with van der Waals surface area (Å²) in [6.07, 6.45) is 0.616. The zero-order valence-electron chi connectivity index (χ0n) is 10.7. The van der Waals surface area contributed by atoms with Gasteiger partial charge in [-0.05, 0) is 41.1 Å². The molecule has 21 heavy (non-hydrogen) atoms. The predicted octanol–water partition coefficient (Wildman–Crippen LogP) is 3.32. The first-order chi connectivity index (χ1) is 10.1.